The molecule has 5 aromatic rings. The molecule has 0 radical (unpaired) electrons. The molecule has 0 fully saturated rings. The van der Waals surface area contributed by atoms with Gasteiger partial charge in [0, 0.05) is 21.2 Å². The van der Waals surface area contributed by atoms with Crippen molar-refractivity contribution >= 4 is 45.9 Å². The molecule has 0 amide bonds. The van der Waals surface area contributed by atoms with Gasteiger partial charge in [-0.1, -0.05) is 101 Å². The molecule has 1 aromatic heterocycles. The highest BCUT2D eigenvalue weighted by Crippen LogP contribution is 2.39. The Kier molecular flexibility index (Phi) is 7.62. The highest BCUT2D eigenvalue weighted by molar-refractivity contribution is 7.19. The number of benzene rings is 4. The van der Waals surface area contributed by atoms with Crippen molar-refractivity contribution in [1.82, 2.24) is 4.98 Å². The summed E-state index contributed by atoms with van der Waals surface area (Å²) in [6, 6.07) is 33.3. The number of thiazole rings is 1. The summed E-state index contributed by atoms with van der Waals surface area (Å²) in [5.74, 6) is 0.740. The summed E-state index contributed by atoms with van der Waals surface area (Å²) in [5.41, 5.74) is 7.97. The average Bonchev–Trinajstić information content (AvgIpc) is 3.34. The summed E-state index contributed by atoms with van der Waals surface area (Å²) in [6.45, 7) is 0.437. The molecule has 5 rings (SSSR count). The molecule has 4 nitrogen and oxygen atoms in total. The van der Waals surface area contributed by atoms with E-state index in [9.17, 15) is 0 Å². The molecule has 4 aromatic carbocycles. The molecule has 0 bridgehead atoms. The highest BCUT2D eigenvalue weighted by Gasteiger charge is 2.15. The number of aromatic nitrogens is 1. The van der Waals surface area contributed by atoms with Crippen LogP contribution in [0.25, 0.3) is 21.7 Å². The van der Waals surface area contributed by atoms with Gasteiger partial charge in [-0.3, -0.25) is 5.43 Å². The predicted molar refractivity (Wildman–Crippen MR) is 151 cm³/mol. The van der Waals surface area contributed by atoms with E-state index < -0.39 is 0 Å². The third-order valence-corrected chi connectivity index (χ3v) is 6.88. The molecule has 0 atom stereocenters. The normalized spacial score (nSPS) is 11.1. The number of nitrogens with one attached hydrogen (secondary N) is 1. The molecule has 0 aliphatic carbocycles. The maximum absolute atomic E-state index is 6.10. The van der Waals surface area contributed by atoms with Gasteiger partial charge in [0.15, 0.2) is 0 Å². The first-order valence-corrected chi connectivity index (χ1v) is 12.8. The van der Waals surface area contributed by atoms with Gasteiger partial charge in [-0.2, -0.15) is 5.10 Å². The molecule has 178 valence electrons. The lowest BCUT2D eigenvalue weighted by Gasteiger charge is -2.09. The van der Waals surface area contributed by atoms with Crippen LogP contribution in [-0.2, 0) is 6.61 Å². The van der Waals surface area contributed by atoms with Crippen molar-refractivity contribution in [1.29, 1.82) is 0 Å². The van der Waals surface area contributed by atoms with Crippen molar-refractivity contribution in [3.63, 3.8) is 0 Å². The van der Waals surface area contributed by atoms with E-state index in [-0.39, 0.29) is 0 Å². The molecule has 0 aliphatic rings. The average molecular weight is 530 g/mol. The first kappa shape index (κ1) is 24.1. The van der Waals surface area contributed by atoms with Crippen LogP contribution in [-0.4, -0.2) is 11.2 Å². The van der Waals surface area contributed by atoms with Gasteiger partial charge in [0.2, 0.25) is 5.13 Å². The number of anilines is 1. The van der Waals surface area contributed by atoms with E-state index in [0.29, 0.717) is 21.8 Å². The third-order valence-electron chi connectivity index (χ3n) is 5.37. The van der Waals surface area contributed by atoms with Crippen molar-refractivity contribution in [2.75, 3.05) is 5.43 Å². The van der Waals surface area contributed by atoms with E-state index in [2.05, 4.69) is 22.7 Å². The van der Waals surface area contributed by atoms with E-state index in [0.717, 1.165) is 38.6 Å². The van der Waals surface area contributed by atoms with Crippen molar-refractivity contribution in [2.45, 2.75) is 6.61 Å². The SMILES string of the molecule is Clc1ccc(COc2ccccc2/C=N\Nc2nc(-c3ccccc3)c(-c3ccc(Cl)cc3)s2)cc1. The minimum absolute atomic E-state index is 0.437. The Morgan fingerprint density at radius 3 is 2.19 bits per heavy atom. The molecule has 36 heavy (non-hydrogen) atoms. The number of rotatable bonds is 8. The maximum Gasteiger partial charge on any atom is 0.204 e. The monoisotopic (exact) mass is 529 g/mol. The van der Waals surface area contributed by atoms with Gasteiger partial charge >= 0.3 is 0 Å². The van der Waals surface area contributed by atoms with Crippen LogP contribution in [0.4, 0.5) is 5.13 Å². The van der Waals surface area contributed by atoms with Crippen molar-refractivity contribution in [2.24, 2.45) is 5.10 Å². The Morgan fingerprint density at radius 2 is 1.44 bits per heavy atom. The number of hydrazone groups is 1. The Hall–Kier alpha value is -3.64. The second-order valence-electron chi connectivity index (χ2n) is 7.89. The summed E-state index contributed by atoms with van der Waals surface area (Å²) >= 11 is 13.6. The molecule has 0 saturated heterocycles. The third kappa shape index (κ3) is 5.94. The fourth-order valence-corrected chi connectivity index (χ4v) is 4.77. The van der Waals surface area contributed by atoms with E-state index >= 15 is 0 Å². The van der Waals surface area contributed by atoms with Crippen LogP contribution in [0.5, 0.6) is 5.75 Å². The second-order valence-corrected chi connectivity index (χ2v) is 9.76. The number of hydrogen-bond acceptors (Lipinski definition) is 5. The van der Waals surface area contributed by atoms with E-state index in [1.165, 1.54) is 0 Å². The summed E-state index contributed by atoms with van der Waals surface area (Å²) in [6.07, 6.45) is 1.74. The molecule has 0 aliphatic heterocycles. The summed E-state index contributed by atoms with van der Waals surface area (Å²) in [4.78, 5) is 5.88. The van der Waals surface area contributed by atoms with Crippen LogP contribution in [0.3, 0.4) is 0 Å². The molecular formula is C29H21Cl2N3OS. The number of hydrogen-bond donors (Lipinski definition) is 1. The zero-order chi connectivity index (χ0) is 24.7. The van der Waals surface area contributed by atoms with E-state index in [4.69, 9.17) is 32.9 Å². The summed E-state index contributed by atoms with van der Waals surface area (Å²) < 4.78 is 6.03. The molecular weight excluding hydrogens is 509 g/mol. The Bertz CT molecular complexity index is 1470. The van der Waals surface area contributed by atoms with Crippen molar-refractivity contribution < 1.29 is 4.74 Å². The fraction of sp³-hybridized carbons (Fsp3) is 0.0345. The lowest BCUT2D eigenvalue weighted by Crippen LogP contribution is -1.99. The second kappa shape index (κ2) is 11.4. The number of halogens is 2. The van der Waals surface area contributed by atoms with Gasteiger partial charge in [0.05, 0.1) is 16.8 Å². The lowest BCUT2D eigenvalue weighted by molar-refractivity contribution is 0.306. The molecule has 0 saturated carbocycles. The Labute approximate surface area is 223 Å². The van der Waals surface area contributed by atoms with Crippen LogP contribution in [0, 0.1) is 0 Å². The molecule has 0 unspecified atom stereocenters. The maximum atomic E-state index is 6.10. The minimum Gasteiger partial charge on any atom is -0.488 e. The van der Waals surface area contributed by atoms with Gasteiger partial charge in [0.1, 0.15) is 12.4 Å². The zero-order valence-corrected chi connectivity index (χ0v) is 21.4. The van der Waals surface area contributed by atoms with E-state index in [1.54, 1.807) is 17.6 Å². The van der Waals surface area contributed by atoms with Crippen LogP contribution in [0.2, 0.25) is 10.0 Å². The first-order chi connectivity index (χ1) is 17.7. The Balaban J connectivity index is 1.35. The van der Waals surface area contributed by atoms with Gasteiger partial charge in [-0.05, 0) is 47.5 Å². The van der Waals surface area contributed by atoms with Gasteiger partial charge < -0.3 is 4.74 Å². The highest BCUT2D eigenvalue weighted by atomic mass is 35.5. The molecule has 7 heteroatoms. The van der Waals surface area contributed by atoms with Crippen LogP contribution in [0.1, 0.15) is 11.1 Å². The van der Waals surface area contributed by atoms with Gasteiger partial charge in [-0.25, -0.2) is 4.98 Å². The van der Waals surface area contributed by atoms with E-state index in [1.807, 2.05) is 91.0 Å². The van der Waals surface area contributed by atoms with Crippen LogP contribution in [0.15, 0.2) is 108 Å². The molecule has 1 heterocycles. The summed E-state index contributed by atoms with van der Waals surface area (Å²) in [5, 5.41) is 6.54. The lowest BCUT2D eigenvalue weighted by atomic mass is 10.1. The standard InChI is InChI=1S/C29H21Cl2N3OS/c30-24-14-10-20(11-15-24)19-35-26-9-5-4-8-23(26)18-32-34-29-33-27(21-6-2-1-3-7-21)28(36-29)22-12-16-25(31)17-13-22/h1-18H,19H2,(H,33,34)/b32-18-. The number of nitrogens with zero attached hydrogens (tertiary/aromatic N) is 2. The molecule has 0 spiro atoms. The van der Waals surface area contributed by atoms with Gasteiger partial charge in [0.25, 0.3) is 0 Å². The zero-order valence-electron chi connectivity index (χ0n) is 19.1. The predicted octanol–water partition coefficient (Wildman–Crippen LogP) is 8.81. The quantitative estimate of drug-likeness (QED) is 0.161. The largest absolute Gasteiger partial charge is 0.488 e. The minimum atomic E-state index is 0.437. The van der Waals surface area contributed by atoms with Gasteiger partial charge in [-0.15, -0.1) is 0 Å². The first-order valence-electron chi connectivity index (χ1n) is 11.2. The van der Waals surface area contributed by atoms with Crippen molar-refractivity contribution in [3.8, 4) is 27.4 Å². The Morgan fingerprint density at radius 1 is 0.778 bits per heavy atom. The van der Waals surface area contributed by atoms with Crippen molar-refractivity contribution in [3.05, 3.63) is 124 Å². The number of ether oxygens (including phenoxy) is 1. The smallest absolute Gasteiger partial charge is 0.204 e. The molecule has 1 N–H and O–H groups in total. The number of para-hydroxylation sites is 1. The fourth-order valence-electron chi connectivity index (χ4n) is 3.57. The summed E-state index contributed by atoms with van der Waals surface area (Å²) in [7, 11) is 0. The van der Waals surface area contributed by atoms with Crippen LogP contribution < -0.4 is 10.2 Å². The van der Waals surface area contributed by atoms with Crippen LogP contribution >= 0.6 is 34.5 Å². The topological polar surface area (TPSA) is 46.5 Å².